The molecule has 0 fully saturated rings. The van der Waals surface area contributed by atoms with Crippen molar-refractivity contribution in [3.8, 4) is 23.0 Å². The van der Waals surface area contributed by atoms with E-state index in [-0.39, 0.29) is 17.1 Å². The molecule has 2 aromatic carbocycles. The minimum atomic E-state index is -1.51. The number of benzene rings is 2. The van der Waals surface area contributed by atoms with E-state index in [2.05, 4.69) is 10.2 Å². The minimum absolute atomic E-state index is 0.176. The lowest BCUT2D eigenvalue weighted by molar-refractivity contribution is -0.126. The van der Waals surface area contributed by atoms with Crippen LogP contribution in [0.15, 0.2) is 40.6 Å². The number of amides is 1. The molecule has 31 heavy (non-hydrogen) atoms. The Morgan fingerprint density at radius 2 is 1.55 bits per heavy atom. The third-order valence-electron chi connectivity index (χ3n) is 4.08. The fourth-order valence-corrected chi connectivity index (χ4v) is 2.94. The van der Waals surface area contributed by atoms with E-state index in [1.165, 1.54) is 59.6 Å². The zero-order chi connectivity index (χ0) is 23.1. The molecule has 2 aromatic rings. The number of hydrogen-bond acceptors (Lipinski definition) is 8. The molecule has 0 spiro atoms. The van der Waals surface area contributed by atoms with Gasteiger partial charge in [0, 0.05) is 41.1 Å². The van der Waals surface area contributed by atoms with Gasteiger partial charge in [-0.15, -0.1) is 0 Å². The standard InChI is InChI=1S/C20H21Cl2N3O6/c1-11(26)18(24-23-16-6-12(21)7-17(30-4)19(16)31-5)20(27)25(22)13-8-14(28-2)10-15(9-13)29-3/h6-10,18H,1-5H3. The molecule has 0 saturated carbocycles. The first-order valence-corrected chi connectivity index (χ1v) is 9.52. The molecule has 0 bridgehead atoms. The molecule has 1 amide bonds. The second-order valence-electron chi connectivity index (χ2n) is 6.08. The van der Waals surface area contributed by atoms with Gasteiger partial charge in [0.25, 0.3) is 5.91 Å². The molecule has 0 N–H and O–H groups in total. The van der Waals surface area contributed by atoms with Gasteiger partial charge in [-0.25, -0.2) is 4.42 Å². The van der Waals surface area contributed by atoms with Gasteiger partial charge in [-0.1, -0.05) is 11.6 Å². The van der Waals surface area contributed by atoms with E-state index < -0.39 is 17.7 Å². The van der Waals surface area contributed by atoms with Crippen LogP contribution in [0.1, 0.15) is 6.92 Å². The molecular weight excluding hydrogens is 449 g/mol. The second-order valence-corrected chi connectivity index (χ2v) is 6.85. The van der Waals surface area contributed by atoms with Crippen LogP contribution in [0, 0.1) is 0 Å². The number of methoxy groups -OCH3 is 4. The number of rotatable bonds is 9. The van der Waals surface area contributed by atoms with Crippen molar-refractivity contribution in [2.75, 3.05) is 32.9 Å². The largest absolute Gasteiger partial charge is 0.497 e. The average molecular weight is 470 g/mol. The van der Waals surface area contributed by atoms with Crippen LogP contribution < -0.4 is 23.4 Å². The molecule has 11 heteroatoms. The van der Waals surface area contributed by atoms with Crippen molar-refractivity contribution in [2.45, 2.75) is 13.0 Å². The molecule has 0 aromatic heterocycles. The van der Waals surface area contributed by atoms with E-state index in [9.17, 15) is 9.59 Å². The topological polar surface area (TPSA) is 99.0 Å². The van der Waals surface area contributed by atoms with Gasteiger partial charge in [0.1, 0.15) is 17.2 Å². The second kappa shape index (κ2) is 10.8. The zero-order valence-corrected chi connectivity index (χ0v) is 19.0. The van der Waals surface area contributed by atoms with Gasteiger partial charge in [-0.05, 0) is 13.0 Å². The summed E-state index contributed by atoms with van der Waals surface area (Å²) in [6.07, 6.45) is 0. The highest BCUT2D eigenvalue weighted by Crippen LogP contribution is 2.40. The fraction of sp³-hybridized carbons (Fsp3) is 0.300. The van der Waals surface area contributed by atoms with Gasteiger partial charge in [-0.3, -0.25) is 9.59 Å². The Kier molecular flexibility index (Phi) is 8.47. The van der Waals surface area contributed by atoms with Gasteiger partial charge in [0.05, 0.1) is 34.1 Å². The Hall–Kier alpha value is -3.04. The van der Waals surface area contributed by atoms with Crippen molar-refractivity contribution < 1.29 is 28.5 Å². The summed E-state index contributed by atoms with van der Waals surface area (Å²) in [6.45, 7) is 1.20. The third kappa shape index (κ3) is 5.77. The van der Waals surface area contributed by atoms with Crippen molar-refractivity contribution in [3.05, 3.63) is 35.4 Å². The third-order valence-corrected chi connectivity index (χ3v) is 4.66. The van der Waals surface area contributed by atoms with E-state index >= 15 is 0 Å². The Balaban J connectivity index is 2.40. The lowest BCUT2D eigenvalue weighted by atomic mass is 10.2. The van der Waals surface area contributed by atoms with Crippen LogP contribution >= 0.6 is 23.4 Å². The van der Waals surface area contributed by atoms with Crippen LogP contribution in [-0.2, 0) is 9.59 Å². The summed E-state index contributed by atoms with van der Waals surface area (Å²) in [5, 5.41) is 8.19. The van der Waals surface area contributed by atoms with E-state index in [1.807, 2.05) is 0 Å². The van der Waals surface area contributed by atoms with Crippen LogP contribution in [0.3, 0.4) is 0 Å². The Morgan fingerprint density at radius 3 is 2.03 bits per heavy atom. The summed E-state index contributed by atoms with van der Waals surface area (Å²) in [5.41, 5.74) is 0.404. The zero-order valence-electron chi connectivity index (χ0n) is 17.5. The number of carbonyl (C=O) groups is 2. The van der Waals surface area contributed by atoms with Crippen LogP contribution in [0.2, 0.25) is 5.02 Å². The van der Waals surface area contributed by atoms with E-state index in [0.717, 1.165) is 4.42 Å². The quantitative estimate of drug-likeness (QED) is 0.302. The summed E-state index contributed by atoms with van der Waals surface area (Å²) < 4.78 is 21.6. The maximum atomic E-state index is 12.9. The predicted molar refractivity (Wildman–Crippen MR) is 116 cm³/mol. The summed E-state index contributed by atoms with van der Waals surface area (Å²) in [6, 6.07) is 6.10. The van der Waals surface area contributed by atoms with Crippen molar-refractivity contribution in [3.63, 3.8) is 0 Å². The van der Waals surface area contributed by atoms with E-state index in [4.69, 9.17) is 42.3 Å². The Morgan fingerprint density at radius 1 is 0.935 bits per heavy atom. The molecule has 0 aliphatic carbocycles. The lowest BCUT2D eigenvalue weighted by Gasteiger charge is -2.18. The molecule has 2 rings (SSSR count). The molecule has 0 heterocycles. The van der Waals surface area contributed by atoms with Gasteiger partial charge >= 0.3 is 0 Å². The molecule has 166 valence electrons. The van der Waals surface area contributed by atoms with Gasteiger partial charge in [0.15, 0.2) is 17.3 Å². The number of halogens is 2. The number of Topliss-reactive ketones (excluding diaryl/α,β-unsaturated/α-hetero) is 1. The lowest BCUT2D eigenvalue weighted by Crippen LogP contribution is -2.36. The van der Waals surface area contributed by atoms with Crippen molar-refractivity contribution in [1.29, 1.82) is 0 Å². The summed E-state index contributed by atoms with van der Waals surface area (Å²) in [7, 11) is 5.76. The summed E-state index contributed by atoms with van der Waals surface area (Å²) in [5.74, 6) is -0.0136. The summed E-state index contributed by atoms with van der Waals surface area (Å²) >= 11 is 12.3. The van der Waals surface area contributed by atoms with Crippen LogP contribution in [0.5, 0.6) is 23.0 Å². The first kappa shape index (κ1) is 24.2. The Labute approximate surface area is 189 Å². The van der Waals surface area contributed by atoms with Crippen LogP contribution in [0.4, 0.5) is 11.4 Å². The first-order valence-electron chi connectivity index (χ1n) is 8.81. The van der Waals surface area contributed by atoms with Gasteiger partial charge < -0.3 is 18.9 Å². The highest BCUT2D eigenvalue weighted by atomic mass is 35.5. The first-order chi connectivity index (χ1) is 14.7. The number of ether oxygens (including phenoxy) is 4. The molecular formula is C20H21Cl2N3O6. The number of carbonyl (C=O) groups excluding carboxylic acids is 2. The number of ketones is 1. The highest BCUT2D eigenvalue weighted by molar-refractivity contribution is 6.39. The van der Waals surface area contributed by atoms with Crippen LogP contribution in [0.25, 0.3) is 0 Å². The number of azo groups is 1. The van der Waals surface area contributed by atoms with E-state index in [0.29, 0.717) is 22.3 Å². The molecule has 9 nitrogen and oxygen atoms in total. The molecule has 0 aliphatic rings. The van der Waals surface area contributed by atoms with Crippen molar-refractivity contribution in [2.24, 2.45) is 10.2 Å². The smallest absolute Gasteiger partial charge is 0.276 e. The number of anilines is 1. The minimum Gasteiger partial charge on any atom is -0.497 e. The van der Waals surface area contributed by atoms with Gasteiger partial charge in [-0.2, -0.15) is 10.2 Å². The monoisotopic (exact) mass is 469 g/mol. The fourth-order valence-electron chi connectivity index (χ4n) is 2.55. The van der Waals surface area contributed by atoms with Crippen molar-refractivity contribution >= 4 is 46.4 Å². The molecule has 0 radical (unpaired) electrons. The molecule has 0 saturated heterocycles. The van der Waals surface area contributed by atoms with E-state index in [1.54, 1.807) is 6.07 Å². The predicted octanol–water partition coefficient (Wildman–Crippen LogP) is 4.60. The summed E-state index contributed by atoms with van der Waals surface area (Å²) in [4.78, 5) is 25.0. The maximum Gasteiger partial charge on any atom is 0.276 e. The molecule has 1 unspecified atom stereocenters. The number of nitrogens with zero attached hydrogens (tertiary/aromatic N) is 3. The Bertz CT molecular complexity index is 977. The van der Waals surface area contributed by atoms with Gasteiger partial charge in [0.2, 0.25) is 6.04 Å². The van der Waals surface area contributed by atoms with Crippen molar-refractivity contribution in [1.82, 2.24) is 0 Å². The molecule has 1 atom stereocenters. The normalized spacial score (nSPS) is 11.7. The van der Waals surface area contributed by atoms with Crippen LogP contribution in [-0.4, -0.2) is 46.2 Å². The maximum absolute atomic E-state index is 12.9. The highest BCUT2D eigenvalue weighted by Gasteiger charge is 2.29. The average Bonchev–Trinajstić information content (AvgIpc) is 2.77. The SMILES string of the molecule is COc1cc(OC)cc(N(Cl)C(=O)C(N=Nc2cc(Cl)cc(OC)c2OC)C(C)=O)c1. The molecule has 0 aliphatic heterocycles. The number of hydrogen-bond donors (Lipinski definition) is 0.